The van der Waals surface area contributed by atoms with Gasteiger partial charge in [-0.3, -0.25) is 4.79 Å². The quantitative estimate of drug-likeness (QED) is 0.905. The molecule has 0 bridgehead atoms. The number of nitrogens with zero attached hydrogens (tertiary/aromatic N) is 1. The molecule has 0 saturated carbocycles. The second-order valence-corrected chi connectivity index (χ2v) is 5.39. The van der Waals surface area contributed by atoms with Gasteiger partial charge in [-0.1, -0.05) is 6.07 Å². The molecule has 0 aromatic heterocycles. The number of piperidine rings is 1. The molecule has 1 atom stereocenters. The van der Waals surface area contributed by atoms with Crippen molar-refractivity contribution in [3.63, 3.8) is 0 Å². The third kappa shape index (κ3) is 5.91. The molecule has 4 nitrogen and oxygen atoms in total. The maximum atomic E-state index is 12.4. The van der Waals surface area contributed by atoms with E-state index >= 15 is 0 Å². The summed E-state index contributed by atoms with van der Waals surface area (Å²) in [6.07, 6.45) is -2.82. The summed E-state index contributed by atoms with van der Waals surface area (Å²) >= 11 is 0. The Morgan fingerprint density at radius 2 is 2.17 bits per heavy atom. The van der Waals surface area contributed by atoms with Crippen molar-refractivity contribution in [1.82, 2.24) is 10.2 Å². The maximum Gasteiger partial charge on any atom is 0.573 e. The Balaban J connectivity index is 0.00000264. The van der Waals surface area contributed by atoms with Crippen LogP contribution in [0.3, 0.4) is 0 Å². The van der Waals surface area contributed by atoms with Crippen LogP contribution in [0.25, 0.3) is 0 Å². The molecule has 1 aliphatic rings. The smallest absolute Gasteiger partial charge is 0.406 e. The molecule has 1 amide bonds. The van der Waals surface area contributed by atoms with E-state index in [0.717, 1.165) is 25.5 Å². The van der Waals surface area contributed by atoms with Crippen molar-refractivity contribution in [2.24, 2.45) is 5.92 Å². The lowest BCUT2D eigenvalue weighted by molar-refractivity contribution is -0.274. The average Bonchev–Trinajstić information content (AvgIpc) is 2.46. The summed E-state index contributed by atoms with van der Waals surface area (Å²) in [6, 6.07) is 5.22. The molecule has 2 rings (SSSR count). The van der Waals surface area contributed by atoms with Gasteiger partial charge in [-0.2, -0.15) is 0 Å². The minimum atomic E-state index is -4.76. The molecule has 1 unspecified atom stereocenters. The minimum Gasteiger partial charge on any atom is -0.406 e. The molecule has 1 aliphatic heterocycles. The first-order valence-corrected chi connectivity index (χ1v) is 7.19. The topological polar surface area (TPSA) is 41.6 Å². The highest BCUT2D eigenvalue weighted by Crippen LogP contribution is 2.25. The number of halogens is 4. The van der Waals surface area contributed by atoms with Gasteiger partial charge in [0.1, 0.15) is 5.75 Å². The second kappa shape index (κ2) is 8.40. The van der Waals surface area contributed by atoms with E-state index in [0.29, 0.717) is 19.0 Å². The predicted molar refractivity (Wildman–Crippen MR) is 82.9 cm³/mol. The molecule has 1 heterocycles. The monoisotopic (exact) mass is 352 g/mol. The Labute approximate surface area is 139 Å². The summed E-state index contributed by atoms with van der Waals surface area (Å²) in [5.41, 5.74) is 0.215. The van der Waals surface area contributed by atoms with Gasteiger partial charge in [-0.05, 0) is 50.6 Å². The third-order valence-electron chi connectivity index (χ3n) is 3.61. The normalized spacial score (nSPS) is 18.3. The molecule has 23 heavy (non-hydrogen) atoms. The summed E-state index contributed by atoms with van der Waals surface area (Å²) in [5.74, 6) is -0.257. The van der Waals surface area contributed by atoms with E-state index in [1.54, 1.807) is 4.90 Å². The lowest BCUT2D eigenvalue weighted by atomic mass is 9.97. The lowest BCUT2D eigenvalue weighted by Gasteiger charge is -2.32. The fourth-order valence-corrected chi connectivity index (χ4v) is 2.71. The van der Waals surface area contributed by atoms with Crippen molar-refractivity contribution in [2.75, 3.05) is 26.7 Å². The zero-order valence-corrected chi connectivity index (χ0v) is 13.5. The number of carbonyl (C=O) groups excluding carboxylic acids is 1. The summed E-state index contributed by atoms with van der Waals surface area (Å²) in [7, 11) is 1.86. The molecule has 8 heteroatoms. The fourth-order valence-electron chi connectivity index (χ4n) is 2.71. The number of likely N-dealkylation sites (tertiary alicyclic amines) is 1. The van der Waals surface area contributed by atoms with E-state index < -0.39 is 6.36 Å². The van der Waals surface area contributed by atoms with E-state index in [-0.39, 0.29) is 29.6 Å². The third-order valence-corrected chi connectivity index (χ3v) is 3.61. The van der Waals surface area contributed by atoms with Crippen LogP contribution in [-0.4, -0.2) is 43.9 Å². The van der Waals surface area contributed by atoms with Crippen molar-refractivity contribution in [3.05, 3.63) is 29.8 Å². The van der Waals surface area contributed by atoms with Crippen LogP contribution < -0.4 is 10.1 Å². The highest BCUT2D eigenvalue weighted by atomic mass is 35.5. The Kier molecular flexibility index (Phi) is 7.15. The van der Waals surface area contributed by atoms with Gasteiger partial charge in [0.2, 0.25) is 0 Å². The van der Waals surface area contributed by atoms with Gasteiger partial charge < -0.3 is 15.0 Å². The Morgan fingerprint density at radius 3 is 2.83 bits per heavy atom. The molecule has 130 valence electrons. The molecule has 1 aromatic rings. The van der Waals surface area contributed by atoms with E-state index in [4.69, 9.17) is 0 Å². The van der Waals surface area contributed by atoms with E-state index in [1.165, 1.54) is 18.2 Å². The van der Waals surface area contributed by atoms with Gasteiger partial charge in [0.05, 0.1) is 0 Å². The van der Waals surface area contributed by atoms with Gasteiger partial charge in [0.15, 0.2) is 0 Å². The molecule has 0 spiro atoms. The molecular weight excluding hydrogens is 333 g/mol. The van der Waals surface area contributed by atoms with Crippen LogP contribution in [0.15, 0.2) is 24.3 Å². The van der Waals surface area contributed by atoms with Crippen LogP contribution in [0, 0.1) is 5.92 Å². The van der Waals surface area contributed by atoms with Gasteiger partial charge in [0, 0.05) is 18.7 Å². The highest BCUT2D eigenvalue weighted by Gasteiger charge is 2.31. The fraction of sp³-hybridized carbons (Fsp3) is 0.533. The number of alkyl halides is 3. The summed E-state index contributed by atoms with van der Waals surface area (Å²) in [4.78, 5) is 14.1. The first-order valence-electron chi connectivity index (χ1n) is 7.19. The number of rotatable bonds is 4. The molecular formula is C15H20ClF3N2O2. The van der Waals surface area contributed by atoms with Crippen LogP contribution in [0.4, 0.5) is 13.2 Å². The zero-order chi connectivity index (χ0) is 16.2. The van der Waals surface area contributed by atoms with Gasteiger partial charge in [-0.25, -0.2) is 0 Å². The number of carbonyl (C=O) groups is 1. The summed E-state index contributed by atoms with van der Waals surface area (Å²) in [5, 5.41) is 3.09. The lowest BCUT2D eigenvalue weighted by Crippen LogP contribution is -2.42. The van der Waals surface area contributed by atoms with Crippen LogP contribution in [0.5, 0.6) is 5.75 Å². The Hall–Kier alpha value is -1.47. The van der Waals surface area contributed by atoms with Crippen molar-refractivity contribution >= 4 is 18.3 Å². The second-order valence-electron chi connectivity index (χ2n) is 5.39. The Bertz CT molecular complexity index is 524. The Morgan fingerprint density at radius 1 is 1.43 bits per heavy atom. The summed E-state index contributed by atoms with van der Waals surface area (Å²) in [6.45, 7) is 2.06. The van der Waals surface area contributed by atoms with Crippen molar-refractivity contribution in [2.45, 2.75) is 19.2 Å². The zero-order valence-electron chi connectivity index (χ0n) is 12.7. The predicted octanol–water partition coefficient (Wildman–Crippen LogP) is 3.08. The van der Waals surface area contributed by atoms with Crippen LogP contribution in [0.1, 0.15) is 23.2 Å². The summed E-state index contributed by atoms with van der Waals surface area (Å²) < 4.78 is 40.6. The molecule has 1 fully saturated rings. The van der Waals surface area contributed by atoms with Crippen molar-refractivity contribution in [3.8, 4) is 5.75 Å². The SMILES string of the molecule is CNCC1CCCN(C(=O)c2cccc(OC(F)(F)F)c2)C1.Cl. The van der Waals surface area contributed by atoms with Crippen LogP contribution in [0.2, 0.25) is 0 Å². The van der Waals surface area contributed by atoms with Crippen molar-refractivity contribution in [1.29, 1.82) is 0 Å². The number of ether oxygens (including phenoxy) is 1. The molecule has 0 radical (unpaired) electrons. The van der Waals surface area contributed by atoms with E-state index in [2.05, 4.69) is 10.1 Å². The first kappa shape index (κ1) is 19.6. The average molecular weight is 353 g/mol. The molecule has 1 N–H and O–H groups in total. The van der Waals surface area contributed by atoms with Crippen LogP contribution in [-0.2, 0) is 0 Å². The number of amides is 1. The number of hydrogen-bond donors (Lipinski definition) is 1. The molecule has 1 saturated heterocycles. The standard InChI is InChI=1S/C15H19F3N2O2.ClH/c1-19-9-11-4-3-7-20(10-11)14(21)12-5-2-6-13(8-12)22-15(16,17)18;/h2,5-6,8,11,19H,3-4,7,9-10H2,1H3;1H. The highest BCUT2D eigenvalue weighted by molar-refractivity contribution is 5.94. The van der Waals surface area contributed by atoms with Gasteiger partial charge >= 0.3 is 6.36 Å². The first-order chi connectivity index (χ1) is 10.4. The van der Waals surface area contributed by atoms with Gasteiger partial charge in [0.25, 0.3) is 5.91 Å². The maximum absolute atomic E-state index is 12.4. The van der Waals surface area contributed by atoms with Crippen LogP contribution >= 0.6 is 12.4 Å². The van der Waals surface area contributed by atoms with Gasteiger partial charge in [-0.15, -0.1) is 25.6 Å². The number of nitrogens with one attached hydrogen (secondary N) is 1. The van der Waals surface area contributed by atoms with E-state index in [1.807, 2.05) is 7.05 Å². The van der Waals surface area contributed by atoms with Crippen molar-refractivity contribution < 1.29 is 22.7 Å². The largest absolute Gasteiger partial charge is 0.573 e. The van der Waals surface area contributed by atoms with E-state index in [9.17, 15) is 18.0 Å². The minimum absolute atomic E-state index is 0. The number of benzene rings is 1. The molecule has 0 aliphatic carbocycles. The number of hydrogen-bond acceptors (Lipinski definition) is 3. The molecule has 1 aromatic carbocycles.